The lowest BCUT2D eigenvalue weighted by molar-refractivity contribution is -0.148. The maximum atomic E-state index is 13.6. The van der Waals surface area contributed by atoms with E-state index in [9.17, 15) is 19.5 Å². The lowest BCUT2D eigenvalue weighted by Crippen LogP contribution is -2.58. The summed E-state index contributed by atoms with van der Waals surface area (Å²) in [7, 11) is 0. The summed E-state index contributed by atoms with van der Waals surface area (Å²) in [5, 5.41) is 16.8. The molecule has 0 aromatic heterocycles. The number of terminal acetylenes is 1. The van der Waals surface area contributed by atoms with E-state index in [1.165, 1.54) is 16.7 Å². The zero-order valence-corrected chi connectivity index (χ0v) is 22.1. The lowest BCUT2D eigenvalue weighted by atomic mass is 9.97. The number of aryl methyl sites for hydroxylation is 1. The SMILES string of the molecule is C#COCC(=O)N[C@@H](Cc1ccccc1)[C@H](O)C(=O)N1CSC(C)(C)[C@H]1C(=O)NCc1ccccc1C. The Morgan fingerprint density at radius 2 is 1.86 bits per heavy atom. The van der Waals surface area contributed by atoms with Crippen molar-refractivity contribution in [3.8, 4) is 12.5 Å². The highest BCUT2D eigenvalue weighted by Crippen LogP contribution is 2.40. The third-order valence-corrected chi connectivity index (χ3v) is 7.73. The lowest BCUT2D eigenvalue weighted by Gasteiger charge is -2.33. The van der Waals surface area contributed by atoms with Crippen LogP contribution in [0.4, 0.5) is 0 Å². The van der Waals surface area contributed by atoms with Gasteiger partial charge in [-0.3, -0.25) is 14.4 Å². The maximum absolute atomic E-state index is 13.6. The van der Waals surface area contributed by atoms with Crippen molar-refractivity contribution in [1.82, 2.24) is 15.5 Å². The van der Waals surface area contributed by atoms with Crippen LogP contribution < -0.4 is 10.6 Å². The number of ether oxygens (including phenoxy) is 1. The number of nitrogens with zero attached hydrogens (tertiary/aromatic N) is 1. The van der Waals surface area contributed by atoms with Crippen molar-refractivity contribution in [2.24, 2.45) is 0 Å². The van der Waals surface area contributed by atoms with E-state index in [1.54, 1.807) is 0 Å². The molecule has 3 rings (SSSR count). The average Bonchev–Trinajstić information content (AvgIpc) is 3.21. The third kappa shape index (κ3) is 7.28. The Morgan fingerprint density at radius 1 is 1.19 bits per heavy atom. The fourth-order valence-electron chi connectivity index (χ4n) is 4.31. The summed E-state index contributed by atoms with van der Waals surface area (Å²) in [4.78, 5) is 40.6. The molecule has 37 heavy (non-hydrogen) atoms. The second kappa shape index (κ2) is 12.7. The monoisotopic (exact) mass is 523 g/mol. The number of rotatable bonds is 10. The molecule has 3 amide bonds. The van der Waals surface area contributed by atoms with E-state index in [2.05, 4.69) is 10.6 Å². The molecule has 2 aromatic rings. The van der Waals surface area contributed by atoms with E-state index in [0.29, 0.717) is 6.54 Å². The number of carbonyl (C=O) groups excluding carboxylic acids is 3. The second-order valence-electron chi connectivity index (χ2n) is 9.45. The summed E-state index contributed by atoms with van der Waals surface area (Å²) in [5.74, 6) is -1.26. The van der Waals surface area contributed by atoms with Crippen LogP contribution >= 0.6 is 11.8 Å². The third-order valence-electron chi connectivity index (χ3n) is 6.36. The smallest absolute Gasteiger partial charge is 0.259 e. The van der Waals surface area contributed by atoms with Gasteiger partial charge in [0.15, 0.2) is 12.7 Å². The van der Waals surface area contributed by atoms with E-state index in [0.717, 1.165) is 16.7 Å². The Bertz CT molecular complexity index is 1150. The number of aliphatic hydroxyl groups is 1. The first kappa shape index (κ1) is 28.1. The van der Waals surface area contributed by atoms with Crippen molar-refractivity contribution in [3.63, 3.8) is 0 Å². The Hall–Kier alpha value is -3.48. The minimum Gasteiger partial charge on any atom is -0.437 e. The summed E-state index contributed by atoms with van der Waals surface area (Å²) in [6.07, 6.45) is 5.60. The van der Waals surface area contributed by atoms with Crippen LogP contribution in [0, 0.1) is 19.5 Å². The van der Waals surface area contributed by atoms with Crippen LogP contribution in [-0.4, -0.2) is 63.1 Å². The van der Waals surface area contributed by atoms with Gasteiger partial charge in [0.05, 0.1) is 11.9 Å². The van der Waals surface area contributed by atoms with Crippen molar-refractivity contribution < 1.29 is 24.2 Å². The predicted molar refractivity (Wildman–Crippen MR) is 143 cm³/mol. The van der Waals surface area contributed by atoms with Crippen molar-refractivity contribution >= 4 is 29.5 Å². The fraction of sp³-hybridized carbons (Fsp3) is 0.393. The van der Waals surface area contributed by atoms with Crippen molar-refractivity contribution in [1.29, 1.82) is 0 Å². The molecule has 2 aromatic carbocycles. The summed E-state index contributed by atoms with van der Waals surface area (Å²) in [5.41, 5.74) is 2.86. The van der Waals surface area contributed by atoms with E-state index in [4.69, 9.17) is 11.2 Å². The van der Waals surface area contributed by atoms with E-state index >= 15 is 0 Å². The van der Waals surface area contributed by atoms with Gasteiger partial charge in [0.2, 0.25) is 5.91 Å². The summed E-state index contributed by atoms with van der Waals surface area (Å²) in [6.45, 7) is 5.69. The first-order valence-corrected chi connectivity index (χ1v) is 13.0. The number of thioether (sulfide) groups is 1. The molecular weight excluding hydrogens is 490 g/mol. The quantitative estimate of drug-likeness (QED) is 0.411. The van der Waals surface area contributed by atoms with Gasteiger partial charge in [-0.05, 0) is 43.9 Å². The average molecular weight is 524 g/mol. The van der Waals surface area contributed by atoms with Crippen LogP contribution in [0.5, 0.6) is 0 Å². The molecule has 0 saturated carbocycles. The van der Waals surface area contributed by atoms with Gasteiger partial charge in [-0.15, -0.1) is 11.8 Å². The van der Waals surface area contributed by atoms with Crippen LogP contribution in [0.15, 0.2) is 54.6 Å². The van der Waals surface area contributed by atoms with Crippen LogP contribution in [0.2, 0.25) is 0 Å². The predicted octanol–water partition coefficient (Wildman–Crippen LogP) is 1.99. The Kier molecular flexibility index (Phi) is 9.61. The van der Waals surface area contributed by atoms with Crippen LogP contribution in [-0.2, 0) is 32.1 Å². The van der Waals surface area contributed by atoms with Crippen molar-refractivity contribution in [3.05, 3.63) is 71.3 Å². The first-order chi connectivity index (χ1) is 17.6. The number of hydrogen-bond acceptors (Lipinski definition) is 6. The zero-order valence-electron chi connectivity index (χ0n) is 21.3. The van der Waals surface area contributed by atoms with Gasteiger partial charge in [0, 0.05) is 11.3 Å². The van der Waals surface area contributed by atoms with Gasteiger partial charge >= 0.3 is 0 Å². The molecule has 0 radical (unpaired) electrons. The summed E-state index contributed by atoms with van der Waals surface area (Å²) >= 11 is 1.46. The number of amides is 3. The van der Waals surface area contributed by atoms with Crippen molar-refractivity contribution in [2.75, 3.05) is 12.5 Å². The molecule has 1 saturated heterocycles. The molecule has 1 heterocycles. The molecule has 1 aliphatic rings. The molecule has 9 heteroatoms. The summed E-state index contributed by atoms with van der Waals surface area (Å²) < 4.78 is 4.14. The van der Waals surface area contributed by atoms with Gasteiger partial charge in [-0.25, -0.2) is 0 Å². The number of benzene rings is 2. The molecule has 1 fully saturated rings. The molecule has 0 spiro atoms. The molecule has 8 nitrogen and oxygen atoms in total. The Labute approximate surface area is 222 Å². The molecule has 3 N–H and O–H groups in total. The van der Waals surface area contributed by atoms with Gasteiger partial charge in [0.1, 0.15) is 12.1 Å². The standard InChI is InChI=1S/C28H33N3O5S/c1-5-36-17-23(32)30-22(15-20-12-7-6-8-13-20)24(33)27(35)31-18-37-28(3,4)25(31)26(34)29-16-21-14-10-9-11-19(21)2/h1,6-14,22,24-25,33H,15-18H2,2-4H3,(H,29,34)(H,30,32)/t22-,24-,25+/m0/s1. The fourth-order valence-corrected chi connectivity index (χ4v) is 5.45. The van der Waals surface area contributed by atoms with Gasteiger partial charge in [-0.2, -0.15) is 0 Å². The molecule has 0 unspecified atom stereocenters. The maximum Gasteiger partial charge on any atom is 0.259 e. The molecule has 196 valence electrons. The molecule has 1 aliphatic heterocycles. The van der Waals surface area contributed by atoms with E-state index in [1.807, 2.05) is 81.5 Å². The van der Waals surface area contributed by atoms with E-state index in [-0.39, 0.29) is 18.2 Å². The Balaban J connectivity index is 1.77. The van der Waals surface area contributed by atoms with Crippen LogP contribution in [0.3, 0.4) is 0 Å². The number of carbonyl (C=O) groups is 3. The zero-order chi connectivity index (χ0) is 27.0. The highest BCUT2D eigenvalue weighted by atomic mass is 32.2. The first-order valence-electron chi connectivity index (χ1n) is 12.0. The molecule has 0 bridgehead atoms. The highest BCUT2D eigenvalue weighted by Gasteiger charge is 2.49. The molecule has 3 atom stereocenters. The number of nitrogens with one attached hydrogen (secondary N) is 2. The second-order valence-corrected chi connectivity index (χ2v) is 11.0. The van der Waals surface area contributed by atoms with Crippen LogP contribution in [0.25, 0.3) is 0 Å². The number of hydrogen-bond donors (Lipinski definition) is 3. The van der Waals surface area contributed by atoms with Gasteiger partial charge in [-0.1, -0.05) is 61.0 Å². The highest BCUT2D eigenvalue weighted by molar-refractivity contribution is 8.00. The minimum atomic E-state index is -1.59. The topological polar surface area (TPSA) is 108 Å². The van der Waals surface area contributed by atoms with Crippen molar-refractivity contribution in [2.45, 2.75) is 56.7 Å². The largest absolute Gasteiger partial charge is 0.437 e. The molecule has 0 aliphatic carbocycles. The Morgan fingerprint density at radius 3 is 2.54 bits per heavy atom. The minimum absolute atomic E-state index is 0.198. The number of aliphatic hydroxyl groups excluding tert-OH is 1. The molecular formula is C28H33N3O5S. The van der Waals surface area contributed by atoms with E-state index < -0.39 is 41.4 Å². The summed E-state index contributed by atoms with van der Waals surface area (Å²) in [6, 6.07) is 15.2. The van der Waals surface area contributed by atoms with Gasteiger partial charge < -0.3 is 25.4 Å². The van der Waals surface area contributed by atoms with Crippen LogP contribution in [0.1, 0.15) is 30.5 Å². The van der Waals surface area contributed by atoms with Gasteiger partial charge in [0.25, 0.3) is 11.8 Å². The normalized spacial score (nSPS) is 17.8.